The Bertz CT molecular complexity index is 1210. The third kappa shape index (κ3) is 4.05. The van der Waals surface area contributed by atoms with Crippen LogP contribution in [0.15, 0.2) is 54.6 Å². The summed E-state index contributed by atoms with van der Waals surface area (Å²) in [5.74, 6) is 0.391. The first-order chi connectivity index (χ1) is 15.1. The predicted octanol–water partition coefficient (Wildman–Crippen LogP) is 4.93. The number of nitrogens with zero attached hydrogens (tertiary/aromatic N) is 4. The van der Waals surface area contributed by atoms with Crippen LogP contribution >= 0.6 is 11.3 Å². The van der Waals surface area contributed by atoms with E-state index in [4.69, 9.17) is 9.97 Å². The zero-order valence-corrected chi connectivity index (χ0v) is 18.7. The Morgan fingerprint density at radius 2 is 1.68 bits per heavy atom. The molecule has 0 aliphatic carbocycles. The zero-order valence-electron chi connectivity index (χ0n) is 17.9. The van der Waals surface area contributed by atoms with Crippen LogP contribution in [-0.2, 0) is 6.54 Å². The Morgan fingerprint density at radius 3 is 2.42 bits per heavy atom. The number of carbonyl (C=O) groups is 1. The van der Waals surface area contributed by atoms with Crippen molar-refractivity contribution in [2.45, 2.75) is 26.3 Å². The van der Waals surface area contributed by atoms with Crippen LogP contribution in [0.3, 0.4) is 0 Å². The minimum atomic E-state index is 0.111. The van der Waals surface area contributed by atoms with Crippen LogP contribution in [0.25, 0.3) is 21.1 Å². The van der Waals surface area contributed by atoms with Crippen LogP contribution in [0.5, 0.6) is 0 Å². The van der Waals surface area contributed by atoms with Gasteiger partial charge < -0.3 is 4.90 Å². The highest BCUT2D eigenvalue weighted by atomic mass is 32.1. The van der Waals surface area contributed by atoms with Gasteiger partial charge in [-0.25, -0.2) is 4.98 Å². The summed E-state index contributed by atoms with van der Waals surface area (Å²) in [5, 5.41) is 2.08. The summed E-state index contributed by atoms with van der Waals surface area (Å²) in [6.45, 7) is 8.27. The minimum absolute atomic E-state index is 0.111. The fraction of sp³-hybridized carbons (Fsp3) is 0.320. The van der Waals surface area contributed by atoms with E-state index in [1.807, 2.05) is 41.3 Å². The van der Waals surface area contributed by atoms with Crippen molar-refractivity contribution in [2.24, 2.45) is 0 Å². The van der Waals surface area contributed by atoms with E-state index in [0.29, 0.717) is 0 Å². The predicted molar refractivity (Wildman–Crippen MR) is 127 cm³/mol. The molecule has 5 rings (SSSR count). The van der Waals surface area contributed by atoms with E-state index in [1.165, 1.54) is 4.70 Å². The smallest absolute Gasteiger partial charge is 0.254 e. The minimum Gasteiger partial charge on any atom is -0.336 e. The molecule has 0 N–H and O–H groups in total. The fourth-order valence-corrected chi connectivity index (χ4v) is 5.14. The average molecular weight is 431 g/mol. The second kappa shape index (κ2) is 8.36. The standard InChI is InChI=1S/C25H26N4OS/c1-17(2)22-15-19(18-7-3-4-8-20(18)26-22)25(30)29-13-11-28(12-14-29)16-24-27-21-9-5-6-10-23(21)31-24/h3-10,15,17H,11-14,16H2,1-2H3. The topological polar surface area (TPSA) is 49.3 Å². The van der Waals surface area contributed by atoms with Crippen molar-refractivity contribution >= 4 is 38.4 Å². The van der Waals surface area contributed by atoms with Crippen molar-refractivity contribution in [1.82, 2.24) is 19.8 Å². The Morgan fingerprint density at radius 1 is 0.968 bits per heavy atom. The van der Waals surface area contributed by atoms with Crippen molar-refractivity contribution in [2.75, 3.05) is 26.2 Å². The van der Waals surface area contributed by atoms with E-state index < -0.39 is 0 Å². The number of hydrogen-bond acceptors (Lipinski definition) is 5. The lowest BCUT2D eigenvalue weighted by Gasteiger charge is -2.34. The summed E-state index contributed by atoms with van der Waals surface area (Å²) < 4.78 is 1.23. The summed E-state index contributed by atoms with van der Waals surface area (Å²) >= 11 is 1.76. The maximum Gasteiger partial charge on any atom is 0.254 e. The van der Waals surface area contributed by atoms with Crippen molar-refractivity contribution in [3.8, 4) is 0 Å². The van der Waals surface area contributed by atoms with Crippen molar-refractivity contribution in [1.29, 1.82) is 0 Å². The second-order valence-corrected chi connectivity index (χ2v) is 9.53. The number of amides is 1. The highest BCUT2D eigenvalue weighted by molar-refractivity contribution is 7.18. The molecule has 0 atom stereocenters. The maximum absolute atomic E-state index is 13.4. The van der Waals surface area contributed by atoms with E-state index in [-0.39, 0.29) is 11.8 Å². The Labute approximate surface area is 186 Å². The summed E-state index contributed by atoms with van der Waals surface area (Å²) in [5.41, 5.74) is 3.71. The van der Waals surface area contributed by atoms with E-state index in [1.54, 1.807) is 11.3 Å². The number of piperazine rings is 1. The maximum atomic E-state index is 13.4. The molecule has 1 saturated heterocycles. The van der Waals surface area contributed by atoms with Gasteiger partial charge in [0.2, 0.25) is 0 Å². The number of carbonyl (C=O) groups excluding carboxylic acids is 1. The molecule has 1 fully saturated rings. The Hall–Kier alpha value is -2.83. The highest BCUT2D eigenvalue weighted by Gasteiger charge is 2.25. The molecule has 0 bridgehead atoms. The van der Waals surface area contributed by atoms with Gasteiger partial charge in [-0.05, 0) is 30.2 Å². The molecule has 0 saturated carbocycles. The third-order valence-electron chi connectivity index (χ3n) is 5.91. The molecule has 2 aromatic heterocycles. The Kier molecular flexibility index (Phi) is 5.42. The molecule has 1 amide bonds. The van der Waals surface area contributed by atoms with E-state index >= 15 is 0 Å². The first-order valence-electron chi connectivity index (χ1n) is 10.8. The molecular formula is C25H26N4OS. The van der Waals surface area contributed by atoms with Gasteiger partial charge in [0.15, 0.2) is 0 Å². The number of pyridine rings is 1. The molecule has 5 nitrogen and oxygen atoms in total. The first-order valence-corrected chi connectivity index (χ1v) is 11.7. The Balaban J connectivity index is 1.31. The fourth-order valence-electron chi connectivity index (χ4n) is 4.13. The van der Waals surface area contributed by atoms with Gasteiger partial charge >= 0.3 is 0 Å². The van der Waals surface area contributed by atoms with Crippen LogP contribution < -0.4 is 0 Å². The zero-order chi connectivity index (χ0) is 21.4. The molecule has 1 aliphatic heterocycles. The largest absolute Gasteiger partial charge is 0.336 e. The number of hydrogen-bond donors (Lipinski definition) is 0. The monoisotopic (exact) mass is 430 g/mol. The lowest BCUT2D eigenvalue weighted by molar-refractivity contribution is 0.0630. The number of fused-ring (bicyclic) bond motifs is 2. The first kappa shape index (κ1) is 20.1. The van der Waals surface area contributed by atoms with Gasteiger partial charge in [-0.3, -0.25) is 14.7 Å². The van der Waals surface area contributed by atoms with Crippen LogP contribution in [0.2, 0.25) is 0 Å². The molecule has 0 radical (unpaired) electrons. The SMILES string of the molecule is CC(C)c1cc(C(=O)N2CCN(Cc3nc4ccccc4s3)CC2)c2ccccc2n1. The molecule has 4 aromatic rings. The molecule has 158 valence electrons. The third-order valence-corrected chi connectivity index (χ3v) is 6.94. The molecule has 1 aliphatic rings. The molecule has 3 heterocycles. The van der Waals surface area contributed by atoms with Gasteiger partial charge in [0.05, 0.1) is 27.8 Å². The van der Waals surface area contributed by atoms with Crippen molar-refractivity contribution < 1.29 is 4.79 Å². The molecule has 6 heteroatoms. The quantitative estimate of drug-likeness (QED) is 0.461. The van der Waals surface area contributed by atoms with Crippen molar-refractivity contribution in [3.05, 3.63) is 70.9 Å². The molecule has 0 unspecified atom stereocenters. The average Bonchev–Trinajstić information content (AvgIpc) is 3.20. The molecule has 2 aromatic carbocycles. The summed E-state index contributed by atoms with van der Waals surface area (Å²) in [6, 6.07) is 18.2. The van der Waals surface area contributed by atoms with E-state index in [2.05, 4.69) is 36.9 Å². The number of benzene rings is 2. The van der Waals surface area contributed by atoms with Gasteiger partial charge in [-0.1, -0.05) is 44.2 Å². The lowest BCUT2D eigenvalue weighted by Crippen LogP contribution is -2.48. The molecule has 31 heavy (non-hydrogen) atoms. The number of aromatic nitrogens is 2. The normalized spacial score (nSPS) is 15.3. The van der Waals surface area contributed by atoms with Crippen LogP contribution in [0, 0.1) is 0 Å². The van der Waals surface area contributed by atoms with Gasteiger partial charge in [-0.2, -0.15) is 0 Å². The van der Waals surface area contributed by atoms with E-state index in [9.17, 15) is 4.79 Å². The summed E-state index contributed by atoms with van der Waals surface area (Å²) in [7, 11) is 0. The summed E-state index contributed by atoms with van der Waals surface area (Å²) in [4.78, 5) is 27.3. The number of rotatable bonds is 4. The molecular weight excluding hydrogens is 404 g/mol. The van der Waals surface area contributed by atoms with Gasteiger partial charge in [0.1, 0.15) is 5.01 Å². The van der Waals surface area contributed by atoms with Gasteiger partial charge in [0.25, 0.3) is 5.91 Å². The highest BCUT2D eigenvalue weighted by Crippen LogP contribution is 2.25. The van der Waals surface area contributed by atoms with Gasteiger partial charge in [0, 0.05) is 37.3 Å². The summed E-state index contributed by atoms with van der Waals surface area (Å²) in [6.07, 6.45) is 0. The van der Waals surface area contributed by atoms with Gasteiger partial charge in [-0.15, -0.1) is 11.3 Å². The van der Waals surface area contributed by atoms with Crippen LogP contribution in [-0.4, -0.2) is 51.9 Å². The molecule has 0 spiro atoms. The van der Waals surface area contributed by atoms with Crippen LogP contribution in [0.4, 0.5) is 0 Å². The van der Waals surface area contributed by atoms with E-state index in [0.717, 1.165) is 65.4 Å². The van der Waals surface area contributed by atoms with Crippen LogP contribution in [0.1, 0.15) is 40.8 Å². The second-order valence-electron chi connectivity index (χ2n) is 8.41. The number of para-hydroxylation sites is 2. The van der Waals surface area contributed by atoms with Crippen molar-refractivity contribution in [3.63, 3.8) is 0 Å². The number of thiazole rings is 1. The lowest BCUT2D eigenvalue weighted by atomic mass is 10.0.